The van der Waals surface area contributed by atoms with Crippen molar-refractivity contribution < 1.29 is 4.79 Å². The molecule has 1 aliphatic heterocycles. The first kappa shape index (κ1) is 17.7. The minimum absolute atomic E-state index is 0.281. The third-order valence-corrected chi connectivity index (χ3v) is 5.58. The average molecular weight is 309 g/mol. The third-order valence-electron chi connectivity index (χ3n) is 5.58. The quantitative estimate of drug-likeness (QED) is 0.723. The average Bonchev–Trinajstić information content (AvgIpc) is 3.05. The van der Waals surface area contributed by atoms with Crippen LogP contribution in [0.2, 0.25) is 0 Å². The Balaban J connectivity index is 1.75. The molecule has 0 aromatic carbocycles. The summed E-state index contributed by atoms with van der Waals surface area (Å²) in [4.78, 5) is 14.8. The van der Waals surface area contributed by atoms with Crippen molar-refractivity contribution in [1.29, 1.82) is 0 Å². The van der Waals surface area contributed by atoms with Gasteiger partial charge in [0.15, 0.2) is 0 Å². The molecule has 1 saturated carbocycles. The molecule has 0 spiro atoms. The van der Waals surface area contributed by atoms with E-state index in [0.717, 1.165) is 39.1 Å². The lowest BCUT2D eigenvalue weighted by Gasteiger charge is -2.35. The van der Waals surface area contributed by atoms with Gasteiger partial charge in [-0.1, -0.05) is 26.7 Å². The van der Waals surface area contributed by atoms with Crippen molar-refractivity contribution in [3.05, 3.63) is 0 Å². The van der Waals surface area contributed by atoms with Crippen LogP contribution in [-0.4, -0.2) is 49.6 Å². The molecular formula is C18H35N3O. The summed E-state index contributed by atoms with van der Waals surface area (Å²) in [6, 6.07) is 0.406. The molecule has 4 heteroatoms. The molecule has 0 radical (unpaired) electrons. The Labute approximate surface area is 136 Å². The Bertz CT molecular complexity index is 324. The van der Waals surface area contributed by atoms with Crippen molar-refractivity contribution in [3.63, 3.8) is 0 Å². The van der Waals surface area contributed by atoms with E-state index in [2.05, 4.69) is 29.4 Å². The fourth-order valence-electron chi connectivity index (χ4n) is 4.00. The Morgan fingerprint density at radius 1 is 1.18 bits per heavy atom. The maximum Gasteiger partial charge on any atom is 0.220 e. The lowest BCUT2D eigenvalue weighted by Crippen LogP contribution is -2.46. The fraction of sp³-hybridized carbons (Fsp3) is 0.944. The van der Waals surface area contributed by atoms with Crippen LogP contribution >= 0.6 is 0 Å². The summed E-state index contributed by atoms with van der Waals surface area (Å²) in [5.74, 6) is 1.64. The standard InChI is InChI=1S/C18H35N3O/c1-3-21(4-2)14-16-7-5-6-8-17(16)20-18(22)10-9-15-11-12-19-13-15/h15-17,19H,3-14H2,1-2H3,(H,20,22). The minimum Gasteiger partial charge on any atom is -0.353 e. The van der Waals surface area contributed by atoms with Crippen LogP contribution < -0.4 is 10.6 Å². The maximum atomic E-state index is 12.3. The van der Waals surface area contributed by atoms with E-state index in [1.54, 1.807) is 0 Å². The van der Waals surface area contributed by atoms with Crippen LogP contribution in [0, 0.1) is 11.8 Å². The van der Waals surface area contributed by atoms with Gasteiger partial charge in [-0.2, -0.15) is 0 Å². The van der Waals surface area contributed by atoms with Gasteiger partial charge >= 0.3 is 0 Å². The third kappa shape index (κ3) is 5.54. The zero-order valence-corrected chi connectivity index (χ0v) is 14.6. The second-order valence-electron chi connectivity index (χ2n) is 7.10. The molecule has 1 aliphatic carbocycles. The maximum absolute atomic E-state index is 12.3. The van der Waals surface area contributed by atoms with Crippen LogP contribution in [0.1, 0.15) is 58.8 Å². The van der Waals surface area contributed by atoms with E-state index in [9.17, 15) is 4.79 Å². The summed E-state index contributed by atoms with van der Waals surface area (Å²) >= 11 is 0. The van der Waals surface area contributed by atoms with E-state index >= 15 is 0 Å². The predicted molar refractivity (Wildman–Crippen MR) is 91.9 cm³/mol. The molecule has 0 aromatic heterocycles. The Morgan fingerprint density at radius 2 is 1.95 bits per heavy atom. The monoisotopic (exact) mass is 309 g/mol. The van der Waals surface area contributed by atoms with E-state index in [-0.39, 0.29) is 5.91 Å². The van der Waals surface area contributed by atoms with Gasteiger partial charge in [0.25, 0.3) is 0 Å². The van der Waals surface area contributed by atoms with Crippen molar-refractivity contribution in [1.82, 2.24) is 15.5 Å². The SMILES string of the molecule is CCN(CC)CC1CCCCC1NC(=O)CCC1CCNC1. The lowest BCUT2D eigenvalue weighted by molar-refractivity contribution is -0.122. The number of hydrogen-bond donors (Lipinski definition) is 2. The zero-order valence-electron chi connectivity index (χ0n) is 14.6. The molecule has 1 amide bonds. The number of rotatable bonds is 8. The van der Waals surface area contributed by atoms with Gasteiger partial charge in [0.1, 0.15) is 0 Å². The molecule has 0 aromatic rings. The highest BCUT2D eigenvalue weighted by atomic mass is 16.1. The van der Waals surface area contributed by atoms with Crippen LogP contribution in [0.15, 0.2) is 0 Å². The molecule has 3 unspecified atom stereocenters. The zero-order chi connectivity index (χ0) is 15.8. The van der Waals surface area contributed by atoms with Crippen molar-refractivity contribution in [2.45, 2.75) is 64.8 Å². The summed E-state index contributed by atoms with van der Waals surface area (Å²) in [6.45, 7) is 10.1. The van der Waals surface area contributed by atoms with Crippen molar-refractivity contribution in [2.75, 3.05) is 32.7 Å². The summed E-state index contributed by atoms with van der Waals surface area (Å²) in [6.07, 6.45) is 8.03. The highest BCUT2D eigenvalue weighted by Crippen LogP contribution is 2.25. The van der Waals surface area contributed by atoms with Crippen molar-refractivity contribution in [3.8, 4) is 0 Å². The summed E-state index contributed by atoms with van der Waals surface area (Å²) in [7, 11) is 0. The highest BCUT2D eigenvalue weighted by Gasteiger charge is 2.27. The fourth-order valence-corrected chi connectivity index (χ4v) is 4.00. The number of carbonyl (C=O) groups is 1. The highest BCUT2D eigenvalue weighted by molar-refractivity contribution is 5.76. The molecule has 4 nitrogen and oxygen atoms in total. The Hall–Kier alpha value is -0.610. The first-order chi connectivity index (χ1) is 10.7. The molecule has 3 atom stereocenters. The van der Waals surface area contributed by atoms with Crippen LogP contribution in [0.3, 0.4) is 0 Å². The number of nitrogens with one attached hydrogen (secondary N) is 2. The lowest BCUT2D eigenvalue weighted by atomic mass is 9.84. The molecule has 2 fully saturated rings. The molecule has 0 bridgehead atoms. The molecule has 1 heterocycles. The molecule has 2 aliphatic rings. The second kappa shape index (κ2) is 9.51. The van der Waals surface area contributed by atoms with Crippen molar-refractivity contribution >= 4 is 5.91 Å². The smallest absolute Gasteiger partial charge is 0.220 e. The normalized spacial score (nSPS) is 29.0. The number of amides is 1. The number of nitrogens with zero attached hydrogens (tertiary/aromatic N) is 1. The summed E-state index contributed by atoms with van der Waals surface area (Å²) in [5.41, 5.74) is 0. The molecule has 1 saturated heterocycles. The van der Waals surface area contributed by atoms with Gasteiger partial charge in [-0.15, -0.1) is 0 Å². The van der Waals surface area contributed by atoms with Gasteiger partial charge in [0, 0.05) is 19.0 Å². The molecular weight excluding hydrogens is 274 g/mol. The number of hydrogen-bond acceptors (Lipinski definition) is 3. The van der Waals surface area contributed by atoms with E-state index in [0.29, 0.717) is 24.3 Å². The van der Waals surface area contributed by atoms with Crippen LogP contribution in [0.5, 0.6) is 0 Å². The first-order valence-corrected chi connectivity index (χ1v) is 9.45. The molecule has 2 rings (SSSR count). The number of carbonyl (C=O) groups excluding carboxylic acids is 1. The van der Waals surface area contributed by atoms with Gasteiger partial charge in [0.05, 0.1) is 0 Å². The van der Waals surface area contributed by atoms with Gasteiger partial charge in [-0.3, -0.25) is 4.79 Å². The van der Waals surface area contributed by atoms with Crippen LogP contribution in [-0.2, 0) is 4.79 Å². The van der Waals surface area contributed by atoms with Crippen LogP contribution in [0.4, 0.5) is 0 Å². The Kier molecular flexibility index (Phi) is 7.67. The van der Waals surface area contributed by atoms with Crippen molar-refractivity contribution in [2.24, 2.45) is 11.8 Å². The van der Waals surface area contributed by atoms with E-state index < -0.39 is 0 Å². The van der Waals surface area contributed by atoms with Gasteiger partial charge in [-0.05, 0) is 63.7 Å². The second-order valence-corrected chi connectivity index (χ2v) is 7.10. The van der Waals surface area contributed by atoms with E-state index in [4.69, 9.17) is 0 Å². The summed E-state index contributed by atoms with van der Waals surface area (Å²) in [5, 5.41) is 6.74. The molecule has 2 N–H and O–H groups in total. The van der Waals surface area contributed by atoms with E-state index in [1.807, 2.05) is 0 Å². The van der Waals surface area contributed by atoms with Gasteiger partial charge in [-0.25, -0.2) is 0 Å². The topological polar surface area (TPSA) is 44.4 Å². The summed E-state index contributed by atoms with van der Waals surface area (Å²) < 4.78 is 0. The predicted octanol–water partition coefficient (Wildman–Crippen LogP) is 2.39. The first-order valence-electron chi connectivity index (χ1n) is 9.45. The van der Waals surface area contributed by atoms with E-state index in [1.165, 1.54) is 32.1 Å². The molecule has 22 heavy (non-hydrogen) atoms. The largest absolute Gasteiger partial charge is 0.353 e. The van der Waals surface area contributed by atoms with Gasteiger partial charge in [0.2, 0.25) is 5.91 Å². The molecule has 128 valence electrons. The minimum atomic E-state index is 0.281. The Morgan fingerprint density at radius 3 is 2.64 bits per heavy atom. The van der Waals surface area contributed by atoms with Crippen LogP contribution in [0.25, 0.3) is 0 Å². The van der Waals surface area contributed by atoms with Gasteiger partial charge < -0.3 is 15.5 Å².